The molecule has 0 fully saturated rings. The van der Waals surface area contributed by atoms with E-state index in [4.69, 9.17) is 5.73 Å². The number of nitrogen functional groups attached to an aromatic ring is 1. The summed E-state index contributed by atoms with van der Waals surface area (Å²) in [5.41, 5.74) is 5.76. The van der Waals surface area contributed by atoms with Crippen LogP contribution in [0.25, 0.3) is 11.4 Å². The van der Waals surface area contributed by atoms with E-state index in [1.807, 2.05) is 0 Å². The molecule has 1 aromatic heterocycles. The van der Waals surface area contributed by atoms with Gasteiger partial charge in [0.1, 0.15) is 0 Å². The topological polar surface area (TPSA) is 64.9 Å². The molecule has 0 amide bonds. The van der Waals surface area contributed by atoms with Gasteiger partial charge in [0.25, 0.3) is 0 Å². The molecule has 0 bridgehead atoms. The van der Waals surface area contributed by atoms with Crippen LogP contribution >= 0.6 is 0 Å². The summed E-state index contributed by atoms with van der Waals surface area (Å²) in [6, 6.07) is 5.86. The molecule has 1 aromatic carbocycles. The number of halogens is 5. The zero-order chi connectivity index (χ0) is 14.3. The van der Waals surface area contributed by atoms with Crippen LogP contribution in [0.1, 0.15) is 5.89 Å². The van der Waals surface area contributed by atoms with Crippen molar-refractivity contribution in [3.8, 4) is 11.4 Å². The van der Waals surface area contributed by atoms with Gasteiger partial charge in [-0.3, -0.25) is 0 Å². The van der Waals surface area contributed by atoms with Crippen molar-refractivity contribution in [3.05, 3.63) is 30.2 Å². The lowest BCUT2D eigenvalue weighted by molar-refractivity contribution is -0.298. The number of anilines is 1. The summed E-state index contributed by atoms with van der Waals surface area (Å²) in [4.78, 5) is 3.05. The molecular weight excluding hydrogens is 273 g/mol. The molecule has 2 aromatic rings. The minimum Gasteiger partial charge on any atom is -0.398 e. The van der Waals surface area contributed by atoms with Gasteiger partial charge in [-0.05, 0) is 12.1 Å². The van der Waals surface area contributed by atoms with Gasteiger partial charge in [0.15, 0.2) is 0 Å². The van der Waals surface area contributed by atoms with Crippen molar-refractivity contribution >= 4 is 5.69 Å². The SMILES string of the molecule is Nc1ccccc1-c1noc(C(F)(F)C(F)(F)F)n1. The van der Waals surface area contributed by atoms with Gasteiger partial charge < -0.3 is 10.3 Å². The number of rotatable bonds is 2. The summed E-state index contributed by atoms with van der Waals surface area (Å²) in [6.45, 7) is 0. The lowest BCUT2D eigenvalue weighted by atomic mass is 10.2. The summed E-state index contributed by atoms with van der Waals surface area (Å²) in [6.07, 6.45) is -5.81. The van der Waals surface area contributed by atoms with Crippen LogP contribution in [-0.4, -0.2) is 16.3 Å². The van der Waals surface area contributed by atoms with Crippen molar-refractivity contribution in [3.63, 3.8) is 0 Å². The molecule has 0 unspecified atom stereocenters. The van der Waals surface area contributed by atoms with Crippen LogP contribution in [0.4, 0.5) is 27.6 Å². The van der Waals surface area contributed by atoms with E-state index >= 15 is 0 Å². The summed E-state index contributed by atoms with van der Waals surface area (Å²) in [7, 11) is 0. The molecule has 0 spiro atoms. The van der Waals surface area contributed by atoms with Crippen LogP contribution < -0.4 is 5.73 Å². The van der Waals surface area contributed by atoms with Crippen molar-refractivity contribution in [1.29, 1.82) is 0 Å². The zero-order valence-corrected chi connectivity index (χ0v) is 9.08. The molecule has 0 aliphatic rings. The van der Waals surface area contributed by atoms with E-state index < -0.39 is 23.8 Å². The van der Waals surface area contributed by atoms with Crippen LogP contribution in [0.15, 0.2) is 28.8 Å². The van der Waals surface area contributed by atoms with E-state index in [0.717, 1.165) is 0 Å². The molecule has 0 atom stereocenters. The van der Waals surface area contributed by atoms with Crippen LogP contribution in [0, 0.1) is 0 Å². The molecule has 0 aliphatic heterocycles. The smallest absolute Gasteiger partial charge is 0.398 e. The van der Waals surface area contributed by atoms with E-state index in [-0.39, 0.29) is 11.3 Å². The number of alkyl halides is 5. The average molecular weight is 279 g/mol. The largest absolute Gasteiger partial charge is 0.463 e. The summed E-state index contributed by atoms with van der Waals surface area (Å²) < 4.78 is 66.2. The third kappa shape index (κ3) is 2.23. The van der Waals surface area contributed by atoms with Crippen LogP contribution in [-0.2, 0) is 5.92 Å². The fourth-order valence-electron chi connectivity index (χ4n) is 1.28. The summed E-state index contributed by atoms with van der Waals surface area (Å²) in [5.74, 6) is -7.46. The van der Waals surface area contributed by atoms with Crippen molar-refractivity contribution in [1.82, 2.24) is 10.1 Å². The summed E-state index contributed by atoms with van der Waals surface area (Å²) in [5, 5.41) is 3.08. The lowest BCUT2D eigenvalue weighted by Gasteiger charge is -2.14. The normalized spacial score (nSPS) is 12.7. The molecule has 0 radical (unpaired) electrons. The van der Waals surface area contributed by atoms with Gasteiger partial charge in [0.2, 0.25) is 5.82 Å². The monoisotopic (exact) mass is 279 g/mol. The Bertz CT molecular complexity index is 593. The third-order valence-electron chi connectivity index (χ3n) is 2.25. The minimum atomic E-state index is -5.81. The van der Waals surface area contributed by atoms with Gasteiger partial charge in [-0.1, -0.05) is 17.3 Å². The Labute approximate surface area is 103 Å². The number of hydrogen-bond donors (Lipinski definition) is 1. The molecule has 4 nitrogen and oxygen atoms in total. The number of benzene rings is 1. The highest BCUT2D eigenvalue weighted by Crippen LogP contribution is 2.43. The van der Waals surface area contributed by atoms with E-state index in [0.29, 0.717) is 0 Å². The molecule has 9 heteroatoms. The maximum Gasteiger partial charge on any atom is 0.463 e. The second-order valence-electron chi connectivity index (χ2n) is 3.58. The van der Waals surface area contributed by atoms with Crippen molar-refractivity contribution in [2.75, 3.05) is 5.73 Å². The highest BCUT2D eigenvalue weighted by Gasteiger charge is 2.63. The second kappa shape index (κ2) is 4.18. The maximum absolute atomic E-state index is 12.9. The minimum absolute atomic E-state index is 0.107. The Morgan fingerprint density at radius 1 is 1.05 bits per heavy atom. The van der Waals surface area contributed by atoms with Gasteiger partial charge in [0.05, 0.1) is 0 Å². The maximum atomic E-state index is 12.9. The summed E-state index contributed by atoms with van der Waals surface area (Å²) >= 11 is 0. The van der Waals surface area contributed by atoms with Gasteiger partial charge in [0, 0.05) is 11.3 Å². The average Bonchev–Trinajstić information content (AvgIpc) is 2.77. The Morgan fingerprint density at radius 2 is 1.68 bits per heavy atom. The van der Waals surface area contributed by atoms with Crippen molar-refractivity contribution in [2.24, 2.45) is 0 Å². The molecule has 0 aliphatic carbocycles. The van der Waals surface area contributed by atoms with Crippen LogP contribution in [0.3, 0.4) is 0 Å². The number of para-hydroxylation sites is 1. The quantitative estimate of drug-likeness (QED) is 0.678. The Hall–Kier alpha value is -2.19. The molecule has 2 rings (SSSR count). The van der Waals surface area contributed by atoms with E-state index in [1.54, 1.807) is 6.07 Å². The first-order valence-corrected chi connectivity index (χ1v) is 4.87. The number of aromatic nitrogens is 2. The predicted octanol–water partition coefficient (Wildman–Crippen LogP) is 2.97. The van der Waals surface area contributed by atoms with E-state index in [2.05, 4.69) is 14.7 Å². The molecule has 102 valence electrons. The number of hydrogen-bond acceptors (Lipinski definition) is 4. The Morgan fingerprint density at radius 3 is 2.26 bits per heavy atom. The molecule has 0 saturated carbocycles. The highest BCUT2D eigenvalue weighted by atomic mass is 19.4. The van der Waals surface area contributed by atoms with Crippen LogP contribution in [0.5, 0.6) is 0 Å². The Kier molecular flexibility index (Phi) is 2.91. The van der Waals surface area contributed by atoms with Crippen LogP contribution in [0.2, 0.25) is 0 Å². The lowest BCUT2D eigenvalue weighted by Crippen LogP contribution is -2.33. The van der Waals surface area contributed by atoms with E-state index in [9.17, 15) is 22.0 Å². The van der Waals surface area contributed by atoms with Gasteiger partial charge >= 0.3 is 18.0 Å². The zero-order valence-electron chi connectivity index (χ0n) is 9.08. The van der Waals surface area contributed by atoms with Crippen molar-refractivity contribution in [2.45, 2.75) is 12.1 Å². The third-order valence-corrected chi connectivity index (χ3v) is 2.25. The first-order valence-electron chi connectivity index (χ1n) is 4.87. The fourth-order valence-corrected chi connectivity index (χ4v) is 1.28. The highest BCUT2D eigenvalue weighted by molar-refractivity contribution is 5.70. The first-order chi connectivity index (χ1) is 8.73. The fraction of sp³-hybridized carbons (Fsp3) is 0.200. The number of nitrogens with two attached hydrogens (primary N) is 1. The van der Waals surface area contributed by atoms with Gasteiger partial charge in [-0.2, -0.15) is 26.9 Å². The van der Waals surface area contributed by atoms with E-state index in [1.165, 1.54) is 18.2 Å². The molecule has 2 N–H and O–H groups in total. The Balaban J connectivity index is 2.43. The van der Waals surface area contributed by atoms with Gasteiger partial charge in [-0.15, -0.1) is 0 Å². The second-order valence-corrected chi connectivity index (χ2v) is 3.58. The van der Waals surface area contributed by atoms with Crippen molar-refractivity contribution < 1.29 is 26.5 Å². The molecule has 19 heavy (non-hydrogen) atoms. The van der Waals surface area contributed by atoms with Gasteiger partial charge in [-0.25, -0.2) is 0 Å². The molecule has 1 heterocycles. The molecule has 0 saturated heterocycles. The predicted molar refractivity (Wildman–Crippen MR) is 54.1 cm³/mol. The number of nitrogens with zero attached hydrogens (tertiary/aromatic N) is 2. The standard InChI is InChI=1S/C10H6F5N3O/c11-9(12,10(13,14)15)8-17-7(18-19-8)5-3-1-2-4-6(5)16/h1-4H,16H2. The molecular formula is C10H6F5N3O. The first kappa shape index (κ1) is 13.2.